The van der Waals surface area contributed by atoms with Gasteiger partial charge in [0.2, 0.25) is 0 Å². The van der Waals surface area contributed by atoms with E-state index in [1.165, 1.54) is 38.0 Å². The van der Waals surface area contributed by atoms with E-state index >= 15 is 0 Å². The highest BCUT2D eigenvalue weighted by Crippen LogP contribution is 2.22. The maximum atomic E-state index is 4.57. The van der Waals surface area contributed by atoms with Gasteiger partial charge in [-0.3, -0.25) is 9.58 Å². The number of nitrogens with zero attached hydrogens (tertiary/aromatic N) is 3. The van der Waals surface area contributed by atoms with E-state index in [1.54, 1.807) is 0 Å². The minimum Gasteiger partial charge on any atom is -0.314 e. The van der Waals surface area contributed by atoms with Crippen LogP contribution in [0, 0.1) is 12.8 Å². The Kier molecular flexibility index (Phi) is 6.24. The molecule has 1 aliphatic rings. The Morgan fingerprint density at radius 1 is 1.33 bits per heavy atom. The van der Waals surface area contributed by atoms with Gasteiger partial charge in [0.25, 0.3) is 0 Å². The molecule has 0 radical (unpaired) electrons. The van der Waals surface area contributed by atoms with Crippen LogP contribution in [0.15, 0.2) is 6.07 Å². The van der Waals surface area contributed by atoms with E-state index in [0.29, 0.717) is 6.04 Å². The molecule has 0 aliphatic carbocycles. The second kappa shape index (κ2) is 7.95. The molecule has 2 heterocycles. The number of aromatic nitrogens is 2. The lowest BCUT2D eigenvalue weighted by atomic mass is 9.89. The summed E-state index contributed by atoms with van der Waals surface area (Å²) in [5, 5.41) is 8.31. The predicted octanol–water partition coefficient (Wildman–Crippen LogP) is 2.81. The van der Waals surface area contributed by atoms with Gasteiger partial charge >= 0.3 is 0 Å². The van der Waals surface area contributed by atoms with Crippen molar-refractivity contribution in [2.24, 2.45) is 5.92 Å². The first-order valence-electron chi connectivity index (χ1n) is 8.66. The Balaban J connectivity index is 1.93. The minimum absolute atomic E-state index is 0.712. The molecule has 0 amide bonds. The van der Waals surface area contributed by atoms with Gasteiger partial charge in [-0.15, -0.1) is 0 Å². The van der Waals surface area contributed by atoms with Crippen LogP contribution in [0.25, 0.3) is 0 Å². The Bertz CT molecular complexity index is 426. The maximum Gasteiger partial charge on any atom is 0.0597 e. The highest BCUT2D eigenvalue weighted by Gasteiger charge is 2.27. The van der Waals surface area contributed by atoms with Crippen LogP contribution in [0.2, 0.25) is 0 Å². The van der Waals surface area contributed by atoms with Gasteiger partial charge in [-0.1, -0.05) is 20.3 Å². The van der Waals surface area contributed by atoms with Crippen LogP contribution in [0.5, 0.6) is 0 Å². The molecule has 4 heteroatoms. The van der Waals surface area contributed by atoms with Crippen molar-refractivity contribution >= 4 is 0 Å². The molecule has 21 heavy (non-hydrogen) atoms. The lowest BCUT2D eigenvalue weighted by Crippen LogP contribution is -2.49. The normalized spacial score (nSPS) is 23.6. The van der Waals surface area contributed by atoms with Crippen molar-refractivity contribution in [3.8, 4) is 0 Å². The van der Waals surface area contributed by atoms with Crippen LogP contribution in [-0.2, 0) is 13.1 Å². The van der Waals surface area contributed by atoms with Crippen molar-refractivity contribution in [1.29, 1.82) is 0 Å². The van der Waals surface area contributed by atoms with E-state index in [9.17, 15) is 0 Å². The molecule has 1 aliphatic heterocycles. The van der Waals surface area contributed by atoms with Gasteiger partial charge in [0, 0.05) is 32.2 Å². The van der Waals surface area contributed by atoms with Crippen molar-refractivity contribution < 1.29 is 0 Å². The summed E-state index contributed by atoms with van der Waals surface area (Å²) in [6, 6.07) is 2.95. The lowest BCUT2D eigenvalue weighted by molar-refractivity contribution is 0.126. The molecular weight excluding hydrogens is 260 g/mol. The average molecular weight is 292 g/mol. The summed E-state index contributed by atoms with van der Waals surface area (Å²) in [7, 11) is 0. The quantitative estimate of drug-likeness (QED) is 0.839. The summed E-state index contributed by atoms with van der Waals surface area (Å²) in [6.07, 6.45) is 3.77. The van der Waals surface area contributed by atoms with Crippen LogP contribution in [0.1, 0.15) is 51.4 Å². The molecule has 120 valence electrons. The zero-order valence-electron chi connectivity index (χ0n) is 14.2. The number of aryl methyl sites for hydroxylation is 2. The highest BCUT2D eigenvalue weighted by molar-refractivity contribution is 5.09. The van der Waals surface area contributed by atoms with E-state index in [4.69, 9.17) is 0 Å². The van der Waals surface area contributed by atoms with Gasteiger partial charge in [-0.2, -0.15) is 5.10 Å². The van der Waals surface area contributed by atoms with Crippen LogP contribution in [0.4, 0.5) is 0 Å². The number of piperidine rings is 1. The molecule has 0 aromatic carbocycles. The summed E-state index contributed by atoms with van der Waals surface area (Å²) in [5.41, 5.74) is 2.50. The molecule has 1 aromatic rings. The Labute approximate surface area is 129 Å². The van der Waals surface area contributed by atoms with E-state index in [0.717, 1.165) is 31.2 Å². The van der Waals surface area contributed by atoms with Crippen molar-refractivity contribution in [1.82, 2.24) is 20.0 Å². The predicted molar refractivity (Wildman–Crippen MR) is 88.4 cm³/mol. The van der Waals surface area contributed by atoms with E-state index < -0.39 is 0 Å². The first-order chi connectivity index (χ1) is 10.2. The molecule has 2 atom stereocenters. The molecule has 1 fully saturated rings. The van der Waals surface area contributed by atoms with Crippen molar-refractivity contribution in [2.75, 3.05) is 19.6 Å². The fourth-order valence-corrected chi connectivity index (χ4v) is 3.49. The molecule has 1 aromatic heterocycles. The fraction of sp³-hybridized carbons (Fsp3) is 0.824. The van der Waals surface area contributed by atoms with E-state index in [-0.39, 0.29) is 0 Å². The second-order valence-electron chi connectivity index (χ2n) is 6.35. The molecule has 4 nitrogen and oxygen atoms in total. The molecule has 1 N–H and O–H groups in total. The van der Waals surface area contributed by atoms with Gasteiger partial charge in [-0.05, 0) is 45.2 Å². The first-order valence-corrected chi connectivity index (χ1v) is 8.66. The summed E-state index contributed by atoms with van der Waals surface area (Å²) in [6.45, 7) is 14.4. The Morgan fingerprint density at radius 2 is 2.14 bits per heavy atom. The molecular formula is C17H32N4. The second-order valence-corrected chi connectivity index (χ2v) is 6.35. The zero-order chi connectivity index (χ0) is 15.2. The van der Waals surface area contributed by atoms with Gasteiger partial charge in [-0.25, -0.2) is 0 Å². The zero-order valence-corrected chi connectivity index (χ0v) is 14.2. The van der Waals surface area contributed by atoms with Crippen molar-refractivity contribution in [3.63, 3.8) is 0 Å². The largest absolute Gasteiger partial charge is 0.314 e. The fourth-order valence-electron chi connectivity index (χ4n) is 3.49. The summed E-state index contributed by atoms with van der Waals surface area (Å²) in [5.74, 6) is 0.782. The van der Waals surface area contributed by atoms with E-state index in [2.05, 4.69) is 53.8 Å². The topological polar surface area (TPSA) is 33.1 Å². The maximum absolute atomic E-state index is 4.57. The molecule has 2 rings (SSSR count). The van der Waals surface area contributed by atoms with Gasteiger partial charge in [0.05, 0.1) is 11.4 Å². The van der Waals surface area contributed by atoms with Crippen LogP contribution in [0.3, 0.4) is 0 Å². The first kappa shape index (κ1) is 16.5. The highest BCUT2D eigenvalue weighted by atomic mass is 15.3. The summed E-state index contributed by atoms with van der Waals surface area (Å²) in [4.78, 5) is 2.61. The third kappa shape index (κ3) is 4.30. The van der Waals surface area contributed by atoms with Crippen LogP contribution in [-0.4, -0.2) is 40.4 Å². The number of nitrogens with one attached hydrogen (secondary N) is 1. The van der Waals surface area contributed by atoms with Crippen molar-refractivity contribution in [3.05, 3.63) is 17.5 Å². The van der Waals surface area contributed by atoms with Crippen LogP contribution >= 0.6 is 0 Å². The summed E-state index contributed by atoms with van der Waals surface area (Å²) < 4.78 is 2.15. The SMILES string of the molecule is CCCNC1CCN(Cc2cc(C)nn2CC)CC1CC. The third-order valence-corrected chi connectivity index (χ3v) is 4.67. The number of hydrogen-bond donors (Lipinski definition) is 1. The Morgan fingerprint density at radius 3 is 2.81 bits per heavy atom. The lowest BCUT2D eigenvalue weighted by Gasteiger charge is -2.38. The van der Waals surface area contributed by atoms with Crippen LogP contribution < -0.4 is 5.32 Å². The van der Waals surface area contributed by atoms with E-state index in [1.807, 2.05) is 0 Å². The molecule has 0 saturated carbocycles. The third-order valence-electron chi connectivity index (χ3n) is 4.67. The monoisotopic (exact) mass is 292 g/mol. The van der Waals surface area contributed by atoms with Gasteiger partial charge < -0.3 is 5.32 Å². The summed E-state index contributed by atoms with van der Waals surface area (Å²) >= 11 is 0. The molecule has 1 saturated heterocycles. The number of rotatable bonds is 7. The minimum atomic E-state index is 0.712. The number of hydrogen-bond acceptors (Lipinski definition) is 3. The smallest absolute Gasteiger partial charge is 0.0597 e. The standard InChI is InChI=1S/C17H32N4/c1-5-9-18-17-8-10-20(12-15(17)6-2)13-16-11-14(4)19-21(16)7-3/h11,15,17-18H,5-10,12-13H2,1-4H3. The number of likely N-dealkylation sites (tertiary alicyclic amines) is 1. The van der Waals surface area contributed by atoms with Gasteiger partial charge in [0.1, 0.15) is 0 Å². The molecule has 0 bridgehead atoms. The van der Waals surface area contributed by atoms with Gasteiger partial charge in [0.15, 0.2) is 0 Å². The Hall–Kier alpha value is -0.870. The average Bonchev–Trinajstić information content (AvgIpc) is 2.85. The van der Waals surface area contributed by atoms with Crippen molar-refractivity contribution in [2.45, 2.75) is 66.1 Å². The molecule has 2 unspecified atom stereocenters. The molecule has 0 spiro atoms.